The Kier molecular flexibility index (Phi) is 3.01. The van der Waals surface area contributed by atoms with E-state index < -0.39 is 24.4 Å². The van der Waals surface area contributed by atoms with Crippen molar-refractivity contribution in [2.45, 2.75) is 26.1 Å². The molecule has 1 aromatic rings. The predicted octanol–water partition coefficient (Wildman–Crippen LogP) is 1.55. The highest BCUT2D eigenvalue weighted by atomic mass is 19.4. The molecule has 0 aliphatic rings. The van der Waals surface area contributed by atoms with Gasteiger partial charge in [-0.25, -0.2) is 4.68 Å². The van der Waals surface area contributed by atoms with Gasteiger partial charge in [0, 0.05) is 0 Å². The predicted molar refractivity (Wildman–Crippen MR) is 44.2 cm³/mol. The summed E-state index contributed by atoms with van der Waals surface area (Å²) in [6.07, 6.45) is -4.24. The van der Waals surface area contributed by atoms with E-state index in [9.17, 15) is 18.0 Å². The molecule has 1 heterocycles. The van der Waals surface area contributed by atoms with E-state index in [1.807, 2.05) is 0 Å². The van der Waals surface area contributed by atoms with Gasteiger partial charge in [-0.1, -0.05) is 6.92 Å². The first-order valence-corrected chi connectivity index (χ1v) is 4.20. The van der Waals surface area contributed by atoms with Crippen molar-refractivity contribution in [2.24, 2.45) is 0 Å². The van der Waals surface area contributed by atoms with Crippen LogP contribution in [-0.2, 0) is 23.9 Å². The summed E-state index contributed by atoms with van der Waals surface area (Å²) in [4.78, 5) is 10.3. The zero-order chi connectivity index (χ0) is 11.6. The van der Waals surface area contributed by atoms with Crippen LogP contribution >= 0.6 is 0 Å². The second kappa shape index (κ2) is 3.92. The fourth-order valence-electron chi connectivity index (χ4n) is 1.12. The molecule has 4 nitrogen and oxygen atoms in total. The Balaban J connectivity index is 3.12. The lowest BCUT2D eigenvalue weighted by molar-refractivity contribution is -0.147. The van der Waals surface area contributed by atoms with Gasteiger partial charge in [-0.3, -0.25) is 4.79 Å². The molecule has 84 valence electrons. The molecule has 7 heteroatoms. The second-order valence-corrected chi connectivity index (χ2v) is 2.92. The van der Waals surface area contributed by atoms with Crippen molar-refractivity contribution in [1.82, 2.24) is 9.78 Å². The van der Waals surface area contributed by atoms with E-state index in [0.29, 0.717) is 11.1 Å². The van der Waals surface area contributed by atoms with Crippen LogP contribution in [0.25, 0.3) is 0 Å². The number of alkyl halides is 3. The summed E-state index contributed by atoms with van der Waals surface area (Å²) in [5.41, 5.74) is -0.801. The van der Waals surface area contributed by atoms with Gasteiger partial charge in [-0.05, 0) is 12.5 Å². The molecule has 1 rings (SSSR count). The van der Waals surface area contributed by atoms with Gasteiger partial charge < -0.3 is 5.11 Å². The molecule has 0 unspecified atom stereocenters. The summed E-state index contributed by atoms with van der Waals surface area (Å²) < 4.78 is 37.6. The summed E-state index contributed by atoms with van der Waals surface area (Å²) >= 11 is 0. The smallest absolute Gasteiger partial charge is 0.433 e. The van der Waals surface area contributed by atoms with Gasteiger partial charge in [-0.15, -0.1) is 0 Å². The quantitative estimate of drug-likeness (QED) is 0.844. The molecule has 0 saturated carbocycles. The number of carbonyl (C=O) groups is 1. The normalized spacial score (nSPS) is 11.7. The second-order valence-electron chi connectivity index (χ2n) is 2.92. The minimum absolute atomic E-state index is 0.226. The van der Waals surface area contributed by atoms with Gasteiger partial charge >= 0.3 is 12.1 Å². The Morgan fingerprint density at radius 2 is 2.20 bits per heavy atom. The summed E-state index contributed by atoms with van der Waals surface area (Å²) in [5.74, 6) is -1.36. The molecular formula is C8H9F3N2O2. The SMILES string of the molecule is CCc1cc(C(F)(F)F)n(CC(=O)O)n1. The molecule has 0 amide bonds. The number of aryl methyl sites for hydroxylation is 1. The maximum Gasteiger partial charge on any atom is 0.433 e. The monoisotopic (exact) mass is 222 g/mol. The third-order valence-corrected chi connectivity index (χ3v) is 1.77. The zero-order valence-corrected chi connectivity index (χ0v) is 7.88. The first-order valence-electron chi connectivity index (χ1n) is 4.20. The topological polar surface area (TPSA) is 55.1 Å². The van der Waals surface area contributed by atoms with Gasteiger partial charge in [0.1, 0.15) is 12.2 Å². The number of halogens is 3. The van der Waals surface area contributed by atoms with Crippen molar-refractivity contribution in [3.63, 3.8) is 0 Å². The molecule has 0 aromatic carbocycles. The molecule has 0 bridgehead atoms. The fraction of sp³-hybridized carbons (Fsp3) is 0.500. The molecule has 0 spiro atoms. The van der Waals surface area contributed by atoms with Crippen LogP contribution in [0.4, 0.5) is 13.2 Å². The van der Waals surface area contributed by atoms with Crippen molar-refractivity contribution in [1.29, 1.82) is 0 Å². The van der Waals surface area contributed by atoms with Crippen molar-refractivity contribution >= 4 is 5.97 Å². The van der Waals surface area contributed by atoms with E-state index >= 15 is 0 Å². The lowest BCUT2D eigenvalue weighted by atomic mass is 10.3. The molecule has 0 aliphatic carbocycles. The van der Waals surface area contributed by atoms with Gasteiger partial charge in [0.05, 0.1) is 5.69 Å². The third-order valence-electron chi connectivity index (χ3n) is 1.77. The summed E-state index contributed by atoms with van der Waals surface area (Å²) in [7, 11) is 0. The lowest BCUT2D eigenvalue weighted by Crippen LogP contribution is -2.18. The fourth-order valence-corrected chi connectivity index (χ4v) is 1.12. The Morgan fingerprint density at radius 3 is 2.60 bits per heavy atom. The van der Waals surface area contributed by atoms with Gasteiger partial charge in [0.2, 0.25) is 0 Å². The van der Waals surface area contributed by atoms with Crippen molar-refractivity contribution in [3.8, 4) is 0 Å². The number of carboxylic acids is 1. The number of hydrogen-bond acceptors (Lipinski definition) is 2. The molecule has 0 atom stereocenters. The van der Waals surface area contributed by atoms with Crippen LogP contribution in [-0.4, -0.2) is 20.9 Å². The zero-order valence-electron chi connectivity index (χ0n) is 7.88. The Hall–Kier alpha value is -1.53. The van der Waals surface area contributed by atoms with E-state index in [0.717, 1.165) is 6.07 Å². The molecular weight excluding hydrogens is 213 g/mol. The molecule has 0 aliphatic heterocycles. The number of hydrogen-bond donors (Lipinski definition) is 1. The van der Waals surface area contributed by atoms with E-state index in [4.69, 9.17) is 5.11 Å². The van der Waals surface area contributed by atoms with E-state index in [1.54, 1.807) is 6.92 Å². The highest BCUT2D eigenvalue weighted by molar-refractivity contribution is 5.66. The number of rotatable bonds is 3. The number of aliphatic carboxylic acids is 1. The molecule has 0 radical (unpaired) electrons. The van der Waals surface area contributed by atoms with Crippen LogP contribution < -0.4 is 0 Å². The minimum Gasteiger partial charge on any atom is -0.480 e. The van der Waals surface area contributed by atoms with E-state index in [-0.39, 0.29) is 5.69 Å². The minimum atomic E-state index is -4.57. The lowest BCUT2D eigenvalue weighted by Gasteiger charge is -2.07. The molecule has 15 heavy (non-hydrogen) atoms. The maximum atomic E-state index is 12.4. The van der Waals surface area contributed by atoms with E-state index in [2.05, 4.69) is 5.10 Å². The average molecular weight is 222 g/mol. The number of carboxylic acid groups (broad SMARTS) is 1. The van der Waals surface area contributed by atoms with Crippen molar-refractivity contribution in [2.75, 3.05) is 0 Å². The average Bonchev–Trinajstić information content (AvgIpc) is 2.45. The van der Waals surface area contributed by atoms with Crippen molar-refractivity contribution < 1.29 is 23.1 Å². The van der Waals surface area contributed by atoms with Gasteiger partial charge in [0.25, 0.3) is 0 Å². The highest BCUT2D eigenvalue weighted by Crippen LogP contribution is 2.29. The first-order chi connectivity index (χ1) is 6.84. The van der Waals surface area contributed by atoms with E-state index in [1.165, 1.54) is 0 Å². The molecule has 1 aromatic heterocycles. The summed E-state index contributed by atoms with van der Waals surface area (Å²) in [6.45, 7) is 0.864. The molecule has 1 N–H and O–H groups in total. The largest absolute Gasteiger partial charge is 0.480 e. The van der Waals surface area contributed by atoms with Crippen LogP contribution in [0.2, 0.25) is 0 Å². The van der Waals surface area contributed by atoms with Crippen LogP contribution in [0.15, 0.2) is 6.07 Å². The Bertz CT molecular complexity index is 370. The molecule has 0 fully saturated rings. The van der Waals surface area contributed by atoms with Gasteiger partial charge in [-0.2, -0.15) is 18.3 Å². The van der Waals surface area contributed by atoms with Crippen molar-refractivity contribution in [3.05, 3.63) is 17.5 Å². The third kappa shape index (κ3) is 2.71. The van der Waals surface area contributed by atoms with Gasteiger partial charge in [0.15, 0.2) is 0 Å². The Labute approximate surface area is 83.3 Å². The van der Waals surface area contributed by atoms with Crippen LogP contribution in [0.1, 0.15) is 18.3 Å². The van der Waals surface area contributed by atoms with Crippen LogP contribution in [0.5, 0.6) is 0 Å². The molecule has 0 saturated heterocycles. The van der Waals surface area contributed by atoms with Crippen LogP contribution in [0, 0.1) is 0 Å². The van der Waals surface area contributed by atoms with Crippen LogP contribution in [0.3, 0.4) is 0 Å². The summed E-state index contributed by atoms with van der Waals surface area (Å²) in [6, 6.07) is 0.864. The number of nitrogens with zero attached hydrogens (tertiary/aromatic N) is 2. The highest BCUT2D eigenvalue weighted by Gasteiger charge is 2.35. The standard InChI is InChI=1S/C8H9F3N2O2/c1-2-5-3-6(8(9,10)11)13(12-5)4-7(14)15/h3H,2,4H2,1H3,(H,14,15). The summed E-state index contributed by atoms with van der Waals surface area (Å²) in [5, 5.41) is 12.0. The number of aromatic nitrogens is 2. The first kappa shape index (κ1) is 11.5. The maximum absolute atomic E-state index is 12.4. The Morgan fingerprint density at radius 1 is 1.60 bits per heavy atom.